The molecule has 4 aliphatic rings. The molecule has 4 rings (SSSR count). The topological polar surface area (TPSA) is 72.8 Å². The standard InChI is InChI=1S/C21H28O5.C2H6/c1-20-7-6-13(23)8-12(20)4-5-14-15-11-26-19(16(24)10-22)21(15,2)9-17(25-3)18(14)20;1-2/h6-8,14-15,17-19,22H,4-5,9-11H2,1-3H3;1-2H3. The lowest BCUT2D eigenvalue weighted by atomic mass is 9.46. The van der Waals surface area contributed by atoms with E-state index in [2.05, 4.69) is 19.9 Å². The van der Waals surface area contributed by atoms with E-state index in [0.29, 0.717) is 12.5 Å². The van der Waals surface area contributed by atoms with Crippen molar-refractivity contribution in [3.63, 3.8) is 0 Å². The molecule has 0 aromatic heterocycles. The number of aliphatic hydroxyl groups is 1. The van der Waals surface area contributed by atoms with Crippen LogP contribution in [0.25, 0.3) is 0 Å². The number of ketones is 2. The zero-order chi connectivity index (χ0) is 20.7. The number of rotatable bonds is 3. The van der Waals surface area contributed by atoms with Gasteiger partial charge in [-0.05, 0) is 43.3 Å². The summed E-state index contributed by atoms with van der Waals surface area (Å²) < 4.78 is 11.9. The summed E-state index contributed by atoms with van der Waals surface area (Å²) in [6.45, 7) is 8.43. The number of Topliss-reactive ketones (excluding diaryl/α,β-unsaturated/α-hetero) is 1. The van der Waals surface area contributed by atoms with Crippen molar-refractivity contribution in [3.8, 4) is 0 Å². The molecule has 0 spiro atoms. The Morgan fingerprint density at radius 1 is 1.36 bits per heavy atom. The molecule has 7 unspecified atom stereocenters. The van der Waals surface area contributed by atoms with Gasteiger partial charge in [-0.15, -0.1) is 0 Å². The Balaban J connectivity index is 0.00000109. The Morgan fingerprint density at radius 3 is 2.71 bits per heavy atom. The van der Waals surface area contributed by atoms with E-state index in [1.807, 2.05) is 13.8 Å². The van der Waals surface area contributed by atoms with Crippen molar-refractivity contribution in [1.29, 1.82) is 0 Å². The highest BCUT2D eigenvalue weighted by Gasteiger charge is 2.63. The Morgan fingerprint density at radius 2 is 2.07 bits per heavy atom. The number of hydrogen-bond donors (Lipinski definition) is 1. The van der Waals surface area contributed by atoms with Crippen LogP contribution in [0.1, 0.15) is 47.0 Å². The maximum Gasteiger partial charge on any atom is 0.187 e. The average Bonchev–Trinajstić information content (AvgIpc) is 3.05. The lowest BCUT2D eigenvalue weighted by Crippen LogP contribution is -2.58. The van der Waals surface area contributed by atoms with E-state index in [0.717, 1.165) is 19.3 Å². The fourth-order valence-electron chi connectivity index (χ4n) is 6.44. The minimum atomic E-state index is -0.552. The van der Waals surface area contributed by atoms with Crippen LogP contribution in [0, 0.1) is 28.6 Å². The molecule has 0 amide bonds. The number of allylic oxidation sites excluding steroid dienone is 4. The minimum Gasteiger partial charge on any atom is -0.388 e. The summed E-state index contributed by atoms with van der Waals surface area (Å²) in [7, 11) is 1.74. The average molecular weight is 391 g/mol. The zero-order valence-electron chi connectivity index (χ0n) is 17.7. The van der Waals surface area contributed by atoms with Crippen LogP contribution in [0.4, 0.5) is 0 Å². The molecule has 1 saturated heterocycles. The Labute approximate surface area is 168 Å². The summed E-state index contributed by atoms with van der Waals surface area (Å²) in [6, 6.07) is 0. The molecule has 1 N–H and O–H groups in total. The maximum atomic E-state index is 12.3. The highest BCUT2D eigenvalue weighted by molar-refractivity contribution is 6.01. The predicted molar refractivity (Wildman–Crippen MR) is 107 cm³/mol. The number of ether oxygens (including phenoxy) is 2. The predicted octanol–water partition coefficient (Wildman–Crippen LogP) is 3.11. The van der Waals surface area contributed by atoms with E-state index in [9.17, 15) is 14.7 Å². The van der Waals surface area contributed by atoms with Gasteiger partial charge in [-0.1, -0.05) is 39.3 Å². The van der Waals surface area contributed by atoms with Crippen molar-refractivity contribution in [2.75, 3.05) is 20.3 Å². The van der Waals surface area contributed by atoms with Gasteiger partial charge in [0, 0.05) is 23.9 Å². The molecular formula is C23H34O5. The zero-order valence-corrected chi connectivity index (χ0v) is 17.7. The van der Waals surface area contributed by atoms with Crippen LogP contribution in [0.3, 0.4) is 0 Å². The number of carbonyl (C=O) groups is 2. The smallest absolute Gasteiger partial charge is 0.187 e. The van der Waals surface area contributed by atoms with Gasteiger partial charge < -0.3 is 14.6 Å². The SMILES string of the molecule is CC.COC1CC2(C)C(C(=O)CO)OCC2C2CCC3=CC(=O)C=CC3(C)C12. The van der Waals surface area contributed by atoms with Gasteiger partial charge in [-0.25, -0.2) is 0 Å². The molecule has 3 fully saturated rings. The first kappa shape index (κ1) is 21.4. The molecule has 1 aliphatic heterocycles. The third-order valence-corrected chi connectivity index (χ3v) is 7.70. The highest BCUT2D eigenvalue weighted by atomic mass is 16.5. The van der Waals surface area contributed by atoms with Gasteiger partial charge in [-0.2, -0.15) is 0 Å². The molecule has 0 aromatic carbocycles. The molecule has 0 aromatic rings. The van der Waals surface area contributed by atoms with E-state index >= 15 is 0 Å². The molecule has 5 nitrogen and oxygen atoms in total. The largest absolute Gasteiger partial charge is 0.388 e. The van der Waals surface area contributed by atoms with Crippen molar-refractivity contribution in [2.24, 2.45) is 28.6 Å². The van der Waals surface area contributed by atoms with E-state index in [4.69, 9.17) is 9.47 Å². The molecule has 0 radical (unpaired) electrons. The first-order chi connectivity index (χ1) is 13.3. The van der Waals surface area contributed by atoms with Gasteiger partial charge in [0.05, 0.1) is 12.7 Å². The molecule has 28 heavy (non-hydrogen) atoms. The number of carbonyl (C=O) groups excluding carboxylic acids is 2. The van der Waals surface area contributed by atoms with Gasteiger partial charge in [0.15, 0.2) is 11.6 Å². The van der Waals surface area contributed by atoms with Crippen molar-refractivity contribution in [3.05, 3.63) is 23.8 Å². The second-order valence-electron chi connectivity index (χ2n) is 8.84. The third-order valence-electron chi connectivity index (χ3n) is 7.70. The molecule has 2 saturated carbocycles. The van der Waals surface area contributed by atoms with E-state index < -0.39 is 12.7 Å². The molecule has 156 valence electrons. The van der Waals surface area contributed by atoms with Gasteiger partial charge in [0.2, 0.25) is 0 Å². The quantitative estimate of drug-likeness (QED) is 0.802. The first-order valence-corrected chi connectivity index (χ1v) is 10.6. The summed E-state index contributed by atoms with van der Waals surface area (Å²) in [5.41, 5.74) is 0.713. The monoisotopic (exact) mass is 390 g/mol. The summed E-state index contributed by atoms with van der Waals surface area (Å²) in [5, 5.41) is 9.37. The molecule has 3 aliphatic carbocycles. The summed E-state index contributed by atoms with van der Waals surface area (Å²) in [5.74, 6) is 0.748. The van der Waals surface area contributed by atoms with E-state index in [1.54, 1.807) is 19.3 Å². The van der Waals surface area contributed by atoms with E-state index in [-0.39, 0.29) is 40.3 Å². The van der Waals surface area contributed by atoms with E-state index in [1.165, 1.54) is 5.57 Å². The normalized spacial score (nSPS) is 43.9. The van der Waals surface area contributed by atoms with Gasteiger partial charge in [0.1, 0.15) is 12.7 Å². The number of aliphatic hydroxyl groups excluding tert-OH is 1. The maximum absolute atomic E-state index is 12.3. The number of methoxy groups -OCH3 is 1. The van der Waals surface area contributed by atoms with Crippen LogP contribution in [-0.4, -0.2) is 49.2 Å². The van der Waals surface area contributed by atoms with Crippen molar-refractivity contribution >= 4 is 11.6 Å². The van der Waals surface area contributed by atoms with Crippen LogP contribution >= 0.6 is 0 Å². The van der Waals surface area contributed by atoms with Crippen LogP contribution in [-0.2, 0) is 19.1 Å². The lowest BCUT2D eigenvalue weighted by molar-refractivity contribution is -0.145. The summed E-state index contributed by atoms with van der Waals surface area (Å²) in [6.07, 6.45) is 7.62. The summed E-state index contributed by atoms with van der Waals surface area (Å²) in [4.78, 5) is 24.2. The van der Waals surface area contributed by atoms with Crippen LogP contribution in [0.2, 0.25) is 0 Å². The minimum absolute atomic E-state index is 0.0107. The summed E-state index contributed by atoms with van der Waals surface area (Å²) >= 11 is 0. The number of hydrogen-bond acceptors (Lipinski definition) is 5. The Kier molecular flexibility index (Phi) is 6.00. The van der Waals surface area contributed by atoms with Crippen molar-refractivity contribution in [1.82, 2.24) is 0 Å². The Hall–Kier alpha value is -1.30. The molecule has 7 atom stereocenters. The van der Waals surface area contributed by atoms with Gasteiger partial charge in [0.25, 0.3) is 0 Å². The number of fused-ring (bicyclic) bond motifs is 5. The van der Waals surface area contributed by atoms with Crippen molar-refractivity contribution < 1.29 is 24.2 Å². The van der Waals surface area contributed by atoms with Gasteiger partial charge in [-0.3, -0.25) is 9.59 Å². The Bertz CT molecular complexity index is 695. The van der Waals surface area contributed by atoms with Crippen molar-refractivity contribution in [2.45, 2.75) is 59.2 Å². The van der Waals surface area contributed by atoms with Gasteiger partial charge >= 0.3 is 0 Å². The van der Waals surface area contributed by atoms with Crippen LogP contribution < -0.4 is 0 Å². The lowest BCUT2D eigenvalue weighted by Gasteiger charge is -2.58. The third kappa shape index (κ3) is 3.03. The first-order valence-electron chi connectivity index (χ1n) is 10.6. The highest BCUT2D eigenvalue weighted by Crippen LogP contribution is 2.63. The molecule has 0 bridgehead atoms. The van der Waals surface area contributed by atoms with Crippen LogP contribution in [0.5, 0.6) is 0 Å². The van der Waals surface area contributed by atoms with Crippen LogP contribution in [0.15, 0.2) is 23.8 Å². The molecular weight excluding hydrogens is 356 g/mol. The fraction of sp³-hybridized carbons (Fsp3) is 0.739. The second-order valence-corrected chi connectivity index (χ2v) is 8.84. The fourth-order valence-corrected chi connectivity index (χ4v) is 6.44. The molecule has 1 heterocycles. The molecule has 5 heteroatoms. The second kappa shape index (κ2) is 7.85.